The maximum atomic E-state index is 11.3. The van der Waals surface area contributed by atoms with Gasteiger partial charge in [0.1, 0.15) is 0 Å². The number of rotatable bonds is 5. The Bertz CT molecular complexity index is 560. The molecule has 2 aromatic rings. The van der Waals surface area contributed by atoms with Crippen molar-refractivity contribution in [2.45, 2.75) is 19.8 Å². The topological polar surface area (TPSA) is 68.0 Å². The number of carboxylic acids is 1. The molecule has 5 nitrogen and oxygen atoms in total. The van der Waals surface area contributed by atoms with Gasteiger partial charge in [0.05, 0.1) is 11.6 Å². The molecule has 1 N–H and O–H groups in total. The van der Waals surface area contributed by atoms with Crippen LogP contribution in [0.3, 0.4) is 0 Å². The molecule has 100 valence electrons. The van der Waals surface area contributed by atoms with Crippen molar-refractivity contribution in [3.63, 3.8) is 0 Å². The molecule has 0 radical (unpaired) electrons. The molecule has 1 aromatic carbocycles. The number of hydrogen-bond acceptors (Lipinski definition) is 3. The van der Waals surface area contributed by atoms with Crippen LogP contribution >= 0.6 is 0 Å². The summed E-state index contributed by atoms with van der Waals surface area (Å²) >= 11 is 0. The van der Waals surface area contributed by atoms with Gasteiger partial charge >= 0.3 is 5.97 Å². The molecule has 1 heterocycles. The lowest BCUT2D eigenvalue weighted by Crippen LogP contribution is -2.19. The van der Waals surface area contributed by atoms with Crippen LogP contribution in [0.2, 0.25) is 0 Å². The van der Waals surface area contributed by atoms with Gasteiger partial charge < -0.3 is 5.11 Å². The molecule has 0 fully saturated rings. The zero-order valence-corrected chi connectivity index (χ0v) is 11.1. The molecule has 0 saturated carbocycles. The molecule has 0 aliphatic rings. The van der Waals surface area contributed by atoms with E-state index in [-0.39, 0.29) is 0 Å². The highest BCUT2D eigenvalue weighted by Gasteiger charge is 2.20. The molecular weight excluding hydrogens is 242 g/mol. The monoisotopic (exact) mass is 259 g/mol. The molecule has 19 heavy (non-hydrogen) atoms. The van der Waals surface area contributed by atoms with Crippen molar-refractivity contribution in [2.24, 2.45) is 13.0 Å². The SMILES string of the molecule is Cc1ccc(CC(Cc2cn(C)nn2)C(=O)O)cc1. The smallest absolute Gasteiger partial charge is 0.307 e. The third kappa shape index (κ3) is 3.64. The van der Waals surface area contributed by atoms with Crippen LogP contribution in [0.25, 0.3) is 0 Å². The first-order chi connectivity index (χ1) is 9.04. The first-order valence-corrected chi connectivity index (χ1v) is 6.18. The lowest BCUT2D eigenvalue weighted by molar-refractivity contribution is -0.141. The fraction of sp³-hybridized carbons (Fsp3) is 0.357. The van der Waals surface area contributed by atoms with E-state index in [4.69, 9.17) is 0 Å². The molecule has 1 aromatic heterocycles. The lowest BCUT2D eigenvalue weighted by Gasteiger charge is -2.10. The Morgan fingerprint density at radius 2 is 2.00 bits per heavy atom. The number of carboxylic acid groups (broad SMARTS) is 1. The lowest BCUT2D eigenvalue weighted by atomic mass is 9.94. The Morgan fingerprint density at radius 3 is 2.53 bits per heavy atom. The largest absolute Gasteiger partial charge is 0.481 e. The molecule has 0 spiro atoms. The van der Waals surface area contributed by atoms with Crippen LogP contribution in [0, 0.1) is 12.8 Å². The summed E-state index contributed by atoms with van der Waals surface area (Å²) in [4.78, 5) is 11.3. The van der Waals surface area contributed by atoms with Gasteiger partial charge in [0.15, 0.2) is 0 Å². The highest BCUT2D eigenvalue weighted by atomic mass is 16.4. The van der Waals surface area contributed by atoms with E-state index in [2.05, 4.69) is 10.3 Å². The van der Waals surface area contributed by atoms with E-state index in [9.17, 15) is 9.90 Å². The van der Waals surface area contributed by atoms with Crippen molar-refractivity contribution in [1.82, 2.24) is 15.0 Å². The van der Waals surface area contributed by atoms with Gasteiger partial charge in [-0.3, -0.25) is 9.48 Å². The molecule has 0 aliphatic heterocycles. The molecule has 5 heteroatoms. The van der Waals surface area contributed by atoms with Gasteiger partial charge in [-0.1, -0.05) is 35.0 Å². The van der Waals surface area contributed by atoms with Gasteiger partial charge in [0.25, 0.3) is 0 Å². The van der Waals surface area contributed by atoms with Crippen molar-refractivity contribution in [2.75, 3.05) is 0 Å². The van der Waals surface area contributed by atoms with Crippen molar-refractivity contribution in [3.8, 4) is 0 Å². The van der Waals surface area contributed by atoms with Crippen LogP contribution in [0.5, 0.6) is 0 Å². The van der Waals surface area contributed by atoms with E-state index < -0.39 is 11.9 Å². The summed E-state index contributed by atoms with van der Waals surface area (Å²) in [7, 11) is 1.77. The zero-order valence-electron chi connectivity index (χ0n) is 11.1. The molecular formula is C14H17N3O2. The Hall–Kier alpha value is -2.17. The van der Waals surface area contributed by atoms with E-state index >= 15 is 0 Å². The van der Waals surface area contributed by atoms with Gasteiger partial charge in [-0.2, -0.15) is 0 Å². The van der Waals surface area contributed by atoms with Gasteiger partial charge in [-0.15, -0.1) is 5.10 Å². The van der Waals surface area contributed by atoms with Crippen LogP contribution in [-0.4, -0.2) is 26.1 Å². The first-order valence-electron chi connectivity index (χ1n) is 6.18. The van der Waals surface area contributed by atoms with Crippen LogP contribution in [0.4, 0.5) is 0 Å². The normalized spacial score (nSPS) is 12.3. The molecule has 0 bridgehead atoms. The minimum absolute atomic E-state index is 0.400. The van der Waals surface area contributed by atoms with Gasteiger partial charge in [-0.05, 0) is 18.9 Å². The van der Waals surface area contributed by atoms with E-state index in [0.717, 1.165) is 5.56 Å². The number of aliphatic carboxylic acids is 1. The molecule has 0 saturated heterocycles. The van der Waals surface area contributed by atoms with E-state index in [1.165, 1.54) is 5.56 Å². The second kappa shape index (κ2) is 5.65. The van der Waals surface area contributed by atoms with E-state index in [1.807, 2.05) is 31.2 Å². The summed E-state index contributed by atoms with van der Waals surface area (Å²) in [6.45, 7) is 2.01. The van der Waals surface area contributed by atoms with Crippen molar-refractivity contribution in [3.05, 3.63) is 47.3 Å². The number of aromatic nitrogens is 3. The average Bonchev–Trinajstić information content (AvgIpc) is 2.76. The second-order valence-electron chi connectivity index (χ2n) is 4.81. The van der Waals surface area contributed by atoms with Crippen LogP contribution < -0.4 is 0 Å². The van der Waals surface area contributed by atoms with Crippen molar-refractivity contribution in [1.29, 1.82) is 0 Å². The van der Waals surface area contributed by atoms with Gasteiger partial charge in [0, 0.05) is 19.7 Å². The summed E-state index contributed by atoms with van der Waals surface area (Å²) in [5.74, 6) is -1.27. The number of nitrogens with zero attached hydrogens (tertiary/aromatic N) is 3. The number of benzene rings is 1. The fourth-order valence-electron chi connectivity index (χ4n) is 2.00. The molecule has 1 unspecified atom stereocenters. The third-order valence-electron chi connectivity index (χ3n) is 3.06. The Morgan fingerprint density at radius 1 is 1.32 bits per heavy atom. The maximum absolute atomic E-state index is 11.3. The molecule has 0 aliphatic carbocycles. The Balaban J connectivity index is 2.08. The summed E-state index contributed by atoms with van der Waals surface area (Å²) < 4.78 is 1.58. The Kier molecular flexibility index (Phi) is 3.94. The molecule has 0 amide bonds. The minimum Gasteiger partial charge on any atom is -0.481 e. The maximum Gasteiger partial charge on any atom is 0.307 e. The Labute approximate surface area is 111 Å². The van der Waals surface area contributed by atoms with E-state index in [1.54, 1.807) is 17.9 Å². The highest BCUT2D eigenvalue weighted by Crippen LogP contribution is 2.14. The van der Waals surface area contributed by atoms with Crippen molar-refractivity contribution < 1.29 is 9.90 Å². The summed E-state index contributed by atoms with van der Waals surface area (Å²) in [6.07, 6.45) is 2.66. The predicted molar refractivity (Wildman–Crippen MR) is 70.7 cm³/mol. The van der Waals surface area contributed by atoms with E-state index in [0.29, 0.717) is 18.5 Å². The van der Waals surface area contributed by atoms with Crippen LogP contribution in [-0.2, 0) is 24.7 Å². The zero-order chi connectivity index (χ0) is 13.8. The molecule has 2 rings (SSSR count). The summed E-state index contributed by atoms with van der Waals surface area (Å²) in [5, 5.41) is 17.1. The predicted octanol–water partition coefficient (Wildman–Crippen LogP) is 1.61. The van der Waals surface area contributed by atoms with Crippen LogP contribution in [0.1, 0.15) is 16.8 Å². The van der Waals surface area contributed by atoms with Crippen molar-refractivity contribution >= 4 is 5.97 Å². The summed E-state index contributed by atoms with van der Waals surface area (Å²) in [5.41, 5.74) is 2.91. The number of aryl methyl sites for hydroxylation is 2. The number of hydrogen-bond donors (Lipinski definition) is 1. The summed E-state index contributed by atoms with van der Waals surface area (Å²) in [6, 6.07) is 7.94. The third-order valence-corrected chi connectivity index (χ3v) is 3.06. The minimum atomic E-state index is -0.800. The fourth-order valence-corrected chi connectivity index (χ4v) is 2.00. The quantitative estimate of drug-likeness (QED) is 0.885. The standard InChI is InChI=1S/C14H17N3O2/c1-10-3-5-11(6-4-10)7-12(14(18)19)8-13-9-17(2)16-15-13/h3-6,9,12H,7-8H2,1-2H3,(H,18,19). The highest BCUT2D eigenvalue weighted by molar-refractivity contribution is 5.70. The number of carbonyl (C=O) groups is 1. The average molecular weight is 259 g/mol. The van der Waals surface area contributed by atoms with Gasteiger partial charge in [-0.25, -0.2) is 0 Å². The van der Waals surface area contributed by atoms with Gasteiger partial charge in [0.2, 0.25) is 0 Å². The first kappa shape index (κ1) is 13.3. The molecule has 1 atom stereocenters. The van der Waals surface area contributed by atoms with Crippen LogP contribution in [0.15, 0.2) is 30.5 Å². The second-order valence-corrected chi connectivity index (χ2v) is 4.81.